The van der Waals surface area contributed by atoms with Gasteiger partial charge in [0.05, 0.1) is 12.1 Å². The molecule has 8 heteroatoms. The molecule has 0 N–H and O–H groups in total. The van der Waals surface area contributed by atoms with Gasteiger partial charge >= 0.3 is 7.25 Å². The molecule has 0 spiro atoms. The molecule has 2 nitrogen and oxygen atoms in total. The Balaban J connectivity index is -0.0000000935. The summed E-state index contributed by atoms with van der Waals surface area (Å²) in [4.78, 5) is 0. The quantitative estimate of drug-likeness (QED) is 0.336. The monoisotopic (exact) mass is 380 g/mol. The Bertz CT molecular complexity index is 273. The van der Waals surface area contributed by atoms with Crippen molar-refractivity contribution >= 4 is 7.25 Å². The van der Waals surface area contributed by atoms with Gasteiger partial charge in [-0.25, -0.2) is 0 Å². The third-order valence-electron chi connectivity index (χ3n) is 1.33. The smallest absolute Gasteiger partial charge is 0.418 e. The van der Waals surface area contributed by atoms with Crippen LogP contribution >= 0.6 is 0 Å². The van der Waals surface area contributed by atoms with Crippen LogP contribution in [0.4, 0.5) is 17.3 Å². The summed E-state index contributed by atoms with van der Waals surface area (Å²) in [5.74, 6) is 0. The summed E-state index contributed by atoms with van der Waals surface area (Å²) in [6.45, 7) is 2.86. The predicted octanol–water partition coefficient (Wildman–Crippen LogP) is 5.03. The van der Waals surface area contributed by atoms with Crippen LogP contribution in [0.25, 0.3) is 0 Å². The van der Waals surface area contributed by atoms with E-state index in [4.69, 9.17) is 10.5 Å². The van der Waals surface area contributed by atoms with Crippen LogP contribution in [0.2, 0.25) is 0 Å². The second-order valence-corrected chi connectivity index (χ2v) is 3.04. The molecule has 1 rings (SSSR count). The Morgan fingerprint density at radius 3 is 0.950 bits per heavy atom. The van der Waals surface area contributed by atoms with E-state index < -0.39 is 7.25 Å². The van der Waals surface area contributed by atoms with Gasteiger partial charge in [-0.15, -0.1) is 0 Å². The van der Waals surface area contributed by atoms with Gasteiger partial charge in [0.15, 0.2) is 0 Å². The number of rotatable bonds is 0. The molecule has 1 aliphatic rings. The van der Waals surface area contributed by atoms with Crippen molar-refractivity contribution in [3.05, 3.63) is 24.3 Å². The topological polar surface area (TPSA) is 47.6 Å². The van der Waals surface area contributed by atoms with Crippen molar-refractivity contribution in [1.82, 2.24) is 0 Å². The molecule has 0 atom stereocenters. The van der Waals surface area contributed by atoms with Gasteiger partial charge in [-0.1, -0.05) is 24.3 Å². The first-order chi connectivity index (χ1) is 8.83. The molecule has 0 amide bonds. The van der Waals surface area contributed by atoms with Gasteiger partial charge in [0, 0.05) is 33.3 Å². The molecule has 0 aromatic heterocycles. The molecule has 1 radical (unpaired) electrons. The van der Waals surface area contributed by atoms with Gasteiger partial charge in [0.2, 0.25) is 0 Å². The summed E-state index contributed by atoms with van der Waals surface area (Å²) >= 11 is 0. The number of hydrogen-bond acceptors (Lipinski definition) is 2. The van der Waals surface area contributed by atoms with Crippen LogP contribution in [-0.2, 0) is 19.5 Å². The average Bonchev–Trinajstić information content (AvgIpc) is 2.15. The molecule has 0 saturated heterocycles. The van der Waals surface area contributed by atoms with Crippen LogP contribution in [-0.4, -0.2) is 7.25 Å². The van der Waals surface area contributed by atoms with Crippen LogP contribution < -0.4 is 0 Å². The standard InChI is InChI=1S/C8H12.2C2H3N.BF4.Rh/c1-2-4-6-8-7-5-3-1;2*1-2-3;2-1(3,4)5;/h1-2,7-8H,3-6H2;2*1H3;;/q;;;-1;/b2-1-,8-7?;;;;. The van der Waals surface area contributed by atoms with Crippen molar-refractivity contribution in [1.29, 1.82) is 10.5 Å². The van der Waals surface area contributed by atoms with Crippen molar-refractivity contribution in [3.8, 4) is 12.1 Å². The first-order valence-electron chi connectivity index (χ1n) is 5.62. The Labute approximate surface area is 131 Å². The van der Waals surface area contributed by atoms with Crippen LogP contribution in [0.15, 0.2) is 24.3 Å². The fourth-order valence-corrected chi connectivity index (χ4v) is 0.856. The van der Waals surface area contributed by atoms with Gasteiger partial charge in [0.25, 0.3) is 0 Å². The minimum atomic E-state index is -6.00. The molecule has 117 valence electrons. The first kappa shape index (κ1) is 27.3. The average molecular weight is 380 g/mol. The maximum Gasteiger partial charge on any atom is 0.673 e. The van der Waals surface area contributed by atoms with Gasteiger partial charge < -0.3 is 17.3 Å². The molecule has 0 unspecified atom stereocenters. The molecule has 0 saturated carbocycles. The molecule has 0 fully saturated rings. The minimum absolute atomic E-state index is 0. The number of nitriles is 2. The maximum atomic E-state index is 9.75. The number of halogens is 4. The van der Waals surface area contributed by atoms with Crippen LogP contribution in [0.1, 0.15) is 39.5 Å². The molecule has 0 aromatic rings. The van der Waals surface area contributed by atoms with E-state index >= 15 is 0 Å². The molecule has 0 bridgehead atoms. The summed E-state index contributed by atoms with van der Waals surface area (Å²) in [5.41, 5.74) is 0. The van der Waals surface area contributed by atoms with Gasteiger partial charge in [0.1, 0.15) is 0 Å². The summed E-state index contributed by atoms with van der Waals surface area (Å²) in [7, 11) is -6.00. The maximum absolute atomic E-state index is 9.75. The third kappa shape index (κ3) is 90.0. The normalized spacial score (nSPS) is 13.4. The van der Waals surface area contributed by atoms with Gasteiger partial charge in [-0.3, -0.25) is 0 Å². The zero-order valence-electron chi connectivity index (χ0n) is 11.5. The van der Waals surface area contributed by atoms with Crippen molar-refractivity contribution < 1.29 is 36.7 Å². The SMILES string of the molecule is C1=CCC/C=C\CC1.CC#N.CC#N.F[B-](F)(F)F.[Rh]. The number of nitrogens with zero attached hydrogens (tertiary/aromatic N) is 2. The van der Waals surface area contributed by atoms with E-state index in [2.05, 4.69) is 24.3 Å². The first-order valence-corrected chi connectivity index (χ1v) is 5.62. The van der Waals surface area contributed by atoms with Crippen molar-refractivity contribution in [2.24, 2.45) is 0 Å². The zero-order chi connectivity index (χ0) is 15.6. The Morgan fingerprint density at radius 2 is 0.850 bits per heavy atom. The largest absolute Gasteiger partial charge is 0.673 e. The van der Waals surface area contributed by atoms with E-state index in [-0.39, 0.29) is 19.5 Å². The minimum Gasteiger partial charge on any atom is -0.418 e. The van der Waals surface area contributed by atoms with E-state index in [0.29, 0.717) is 0 Å². The summed E-state index contributed by atoms with van der Waals surface area (Å²) in [6.07, 6.45) is 14.0. The number of allylic oxidation sites excluding steroid dienone is 4. The Hall–Kier alpha value is -1.13. The summed E-state index contributed by atoms with van der Waals surface area (Å²) < 4.78 is 39.0. The predicted molar refractivity (Wildman–Crippen MR) is 69.5 cm³/mol. The van der Waals surface area contributed by atoms with Crippen LogP contribution in [0.5, 0.6) is 0 Å². The fraction of sp³-hybridized carbons (Fsp3) is 0.500. The van der Waals surface area contributed by atoms with Gasteiger partial charge in [-0.2, -0.15) is 10.5 Å². The molecule has 20 heavy (non-hydrogen) atoms. The third-order valence-corrected chi connectivity index (χ3v) is 1.33. The van der Waals surface area contributed by atoms with Crippen molar-refractivity contribution in [2.75, 3.05) is 0 Å². The van der Waals surface area contributed by atoms with E-state index in [1.54, 1.807) is 12.1 Å². The van der Waals surface area contributed by atoms with E-state index in [9.17, 15) is 17.3 Å². The molecule has 0 aromatic carbocycles. The zero-order valence-corrected chi connectivity index (χ0v) is 13.1. The summed E-state index contributed by atoms with van der Waals surface area (Å²) in [6, 6.07) is 3.50. The van der Waals surface area contributed by atoms with Gasteiger partial charge in [-0.05, 0) is 25.7 Å². The second-order valence-electron chi connectivity index (χ2n) is 3.04. The summed E-state index contributed by atoms with van der Waals surface area (Å²) in [5, 5.41) is 14.6. The van der Waals surface area contributed by atoms with Crippen molar-refractivity contribution in [2.45, 2.75) is 39.5 Å². The molecule has 0 heterocycles. The molecular weight excluding hydrogens is 362 g/mol. The van der Waals surface area contributed by atoms with E-state index in [0.717, 1.165) is 0 Å². The van der Waals surface area contributed by atoms with E-state index in [1.165, 1.54) is 39.5 Å². The fourth-order valence-electron chi connectivity index (χ4n) is 0.856. The van der Waals surface area contributed by atoms with Crippen molar-refractivity contribution in [3.63, 3.8) is 0 Å². The molecule has 1 aliphatic carbocycles. The second kappa shape index (κ2) is 23.0. The molecular formula is C12H18BF4N2Rh-. The van der Waals surface area contributed by atoms with Crippen LogP contribution in [0, 0.1) is 22.7 Å². The number of hydrogen-bond donors (Lipinski definition) is 0. The Kier molecular flexibility index (Phi) is 31.3. The molecule has 0 aliphatic heterocycles. The van der Waals surface area contributed by atoms with E-state index in [1.807, 2.05) is 0 Å². The van der Waals surface area contributed by atoms with Crippen LogP contribution in [0.3, 0.4) is 0 Å². The Morgan fingerprint density at radius 1 is 0.750 bits per heavy atom.